The number of nitrogens with zero attached hydrogens (tertiary/aromatic N) is 3. The highest BCUT2D eigenvalue weighted by atomic mass is 19.3. The molecule has 0 spiro atoms. The van der Waals surface area contributed by atoms with Gasteiger partial charge < -0.3 is 10.0 Å². The largest absolute Gasteiger partial charge is 0.507 e. The zero-order valence-electron chi connectivity index (χ0n) is 13.2. The first-order chi connectivity index (χ1) is 11.3. The number of phenolic OH excluding ortho intramolecular Hbond substituents is 1. The molecule has 1 fully saturated rings. The SMILES string of the molecule is CC[C@H]1CN(C(=O)c2cc([N+](=O)[O-])ccc2O)CCN1CC(F)F. The minimum atomic E-state index is -2.44. The minimum absolute atomic E-state index is 0.152. The van der Waals surface area contributed by atoms with E-state index in [1.807, 2.05) is 6.92 Å². The Morgan fingerprint density at radius 2 is 2.17 bits per heavy atom. The van der Waals surface area contributed by atoms with E-state index >= 15 is 0 Å². The van der Waals surface area contributed by atoms with Crippen molar-refractivity contribution >= 4 is 11.6 Å². The van der Waals surface area contributed by atoms with Crippen LogP contribution in [0.2, 0.25) is 0 Å². The van der Waals surface area contributed by atoms with Crippen molar-refractivity contribution < 1.29 is 23.6 Å². The number of nitro benzene ring substituents is 1. The molecule has 1 aromatic carbocycles. The van der Waals surface area contributed by atoms with Crippen molar-refractivity contribution in [2.24, 2.45) is 0 Å². The molecule has 0 aliphatic carbocycles. The Kier molecular flexibility index (Phi) is 5.66. The average molecular weight is 343 g/mol. The summed E-state index contributed by atoms with van der Waals surface area (Å²) in [5, 5.41) is 20.7. The van der Waals surface area contributed by atoms with Crippen LogP contribution >= 0.6 is 0 Å². The number of carbonyl (C=O) groups is 1. The number of benzene rings is 1. The number of rotatable bonds is 5. The fourth-order valence-electron chi connectivity index (χ4n) is 2.86. The smallest absolute Gasteiger partial charge is 0.270 e. The van der Waals surface area contributed by atoms with Crippen LogP contribution in [0.1, 0.15) is 23.7 Å². The second-order valence-electron chi connectivity index (χ2n) is 5.66. The standard InChI is InChI=1S/C15H19F2N3O4/c1-2-10-8-19(6-5-18(10)9-14(16)17)15(22)12-7-11(20(23)24)3-4-13(12)21/h3-4,7,10,14,21H,2,5-6,8-9H2,1H3/t10-/m0/s1. The molecule has 0 saturated carbocycles. The number of halogens is 2. The first-order valence-corrected chi connectivity index (χ1v) is 7.62. The Balaban J connectivity index is 2.16. The molecule has 1 saturated heterocycles. The highest BCUT2D eigenvalue weighted by Crippen LogP contribution is 2.25. The Labute approximate surface area is 137 Å². The molecule has 1 aromatic rings. The number of carbonyl (C=O) groups excluding carboxylic acids is 1. The third-order valence-corrected chi connectivity index (χ3v) is 4.16. The van der Waals surface area contributed by atoms with Crippen molar-refractivity contribution in [2.45, 2.75) is 25.8 Å². The molecular weight excluding hydrogens is 324 g/mol. The number of phenols is 1. The van der Waals surface area contributed by atoms with Gasteiger partial charge in [-0.05, 0) is 12.5 Å². The maximum Gasteiger partial charge on any atom is 0.270 e. The van der Waals surface area contributed by atoms with Crippen LogP contribution in [0.25, 0.3) is 0 Å². The number of nitro groups is 1. The van der Waals surface area contributed by atoms with E-state index in [9.17, 15) is 28.8 Å². The Morgan fingerprint density at radius 3 is 2.75 bits per heavy atom. The summed E-state index contributed by atoms with van der Waals surface area (Å²) in [6.45, 7) is 2.27. The van der Waals surface area contributed by atoms with Gasteiger partial charge in [0.05, 0.1) is 17.0 Å². The van der Waals surface area contributed by atoms with Gasteiger partial charge in [-0.3, -0.25) is 19.8 Å². The van der Waals surface area contributed by atoms with Gasteiger partial charge in [-0.25, -0.2) is 8.78 Å². The topological polar surface area (TPSA) is 86.9 Å². The summed E-state index contributed by atoms with van der Waals surface area (Å²) >= 11 is 0. The molecule has 0 radical (unpaired) electrons. The number of hydrogen-bond donors (Lipinski definition) is 1. The van der Waals surface area contributed by atoms with E-state index < -0.39 is 17.3 Å². The van der Waals surface area contributed by atoms with Gasteiger partial charge in [-0.2, -0.15) is 0 Å². The lowest BCUT2D eigenvalue weighted by Crippen LogP contribution is -2.55. The van der Waals surface area contributed by atoms with Crippen LogP contribution in [-0.4, -0.2) is 64.4 Å². The van der Waals surface area contributed by atoms with Gasteiger partial charge in [-0.1, -0.05) is 6.92 Å². The van der Waals surface area contributed by atoms with Crippen LogP contribution in [0.3, 0.4) is 0 Å². The molecule has 0 bridgehead atoms. The molecule has 1 aliphatic rings. The van der Waals surface area contributed by atoms with Crippen LogP contribution < -0.4 is 0 Å². The molecule has 1 aliphatic heterocycles. The monoisotopic (exact) mass is 343 g/mol. The molecule has 0 aromatic heterocycles. The number of piperazine rings is 1. The second-order valence-corrected chi connectivity index (χ2v) is 5.66. The van der Waals surface area contributed by atoms with Gasteiger partial charge in [0.25, 0.3) is 18.0 Å². The summed E-state index contributed by atoms with van der Waals surface area (Å²) in [6.07, 6.45) is -1.85. The molecule has 2 rings (SSSR count). The fraction of sp³-hybridized carbons (Fsp3) is 0.533. The summed E-state index contributed by atoms with van der Waals surface area (Å²) < 4.78 is 25.2. The molecule has 7 nitrogen and oxygen atoms in total. The molecule has 132 valence electrons. The maximum atomic E-state index is 12.6. The van der Waals surface area contributed by atoms with Crippen molar-refractivity contribution in [3.05, 3.63) is 33.9 Å². The quantitative estimate of drug-likeness (QED) is 0.653. The van der Waals surface area contributed by atoms with Crippen LogP contribution in [0.5, 0.6) is 5.75 Å². The lowest BCUT2D eigenvalue weighted by molar-refractivity contribution is -0.384. The lowest BCUT2D eigenvalue weighted by atomic mass is 10.1. The summed E-state index contributed by atoms with van der Waals surface area (Å²) in [6, 6.07) is 3.04. The molecule has 0 unspecified atom stereocenters. The third kappa shape index (κ3) is 3.97. The zero-order chi connectivity index (χ0) is 17.9. The summed E-state index contributed by atoms with van der Waals surface area (Å²) in [7, 11) is 0. The van der Waals surface area contributed by atoms with Crippen LogP contribution in [0.15, 0.2) is 18.2 Å². The average Bonchev–Trinajstić information content (AvgIpc) is 2.54. The van der Waals surface area contributed by atoms with E-state index in [0.717, 1.165) is 18.2 Å². The van der Waals surface area contributed by atoms with Crippen LogP contribution in [0.4, 0.5) is 14.5 Å². The Bertz CT molecular complexity index is 627. The number of non-ortho nitro benzene ring substituents is 1. The fourth-order valence-corrected chi connectivity index (χ4v) is 2.86. The normalized spacial score (nSPS) is 18.8. The van der Waals surface area contributed by atoms with E-state index in [-0.39, 0.29) is 42.7 Å². The maximum absolute atomic E-state index is 12.6. The van der Waals surface area contributed by atoms with E-state index in [0.29, 0.717) is 13.0 Å². The molecular formula is C15H19F2N3O4. The highest BCUT2D eigenvalue weighted by Gasteiger charge is 2.31. The van der Waals surface area contributed by atoms with Crippen LogP contribution in [-0.2, 0) is 0 Å². The van der Waals surface area contributed by atoms with Gasteiger partial charge in [0.2, 0.25) is 0 Å². The number of hydrogen-bond acceptors (Lipinski definition) is 5. The van der Waals surface area contributed by atoms with E-state index in [4.69, 9.17) is 0 Å². The second kappa shape index (κ2) is 7.52. The third-order valence-electron chi connectivity index (χ3n) is 4.16. The van der Waals surface area contributed by atoms with E-state index in [1.54, 1.807) is 4.90 Å². The van der Waals surface area contributed by atoms with E-state index in [2.05, 4.69) is 0 Å². The summed E-state index contributed by atoms with van der Waals surface area (Å²) in [4.78, 5) is 25.8. The summed E-state index contributed by atoms with van der Waals surface area (Å²) in [5.41, 5.74) is -0.444. The number of aromatic hydroxyl groups is 1. The van der Waals surface area contributed by atoms with Gasteiger partial charge >= 0.3 is 0 Å². The highest BCUT2D eigenvalue weighted by molar-refractivity contribution is 5.97. The predicted octanol–water partition coefficient (Wildman–Crippen LogP) is 2.10. The summed E-state index contributed by atoms with van der Waals surface area (Å²) in [5.74, 6) is -0.875. The first kappa shape index (κ1) is 18.1. The number of amides is 1. The minimum Gasteiger partial charge on any atom is -0.507 e. The molecule has 1 N–H and O–H groups in total. The Hall–Kier alpha value is -2.29. The molecule has 1 heterocycles. The van der Waals surface area contributed by atoms with Gasteiger partial charge in [0, 0.05) is 37.8 Å². The van der Waals surface area contributed by atoms with Crippen molar-refractivity contribution in [3.8, 4) is 5.75 Å². The molecule has 9 heteroatoms. The van der Waals surface area contributed by atoms with Crippen molar-refractivity contribution in [3.63, 3.8) is 0 Å². The van der Waals surface area contributed by atoms with Gasteiger partial charge in [0.1, 0.15) is 5.75 Å². The van der Waals surface area contributed by atoms with Crippen LogP contribution in [0, 0.1) is 10.1 Å². The van der Waals surface area contributed by atoms with Crippen molar-refractivity contribution in [1.82, 2.24) is 9.80 Å². The van der Waals surface area contributed by atoms with E-state index in [1.165, 1.54) is 4.90 Å². The van der Waals surface area contributed by atoms with Gasteiger partial charge in [-0.15, -0.1) is 0 Å². The van der Waals surface area contributed by atoms with Crippen molar-refractivity contribution in [2.75, 3.05) is 26.2 Å². The first-order valence-electron chi connectivity index (χ1n) is 7.62. The van der Waals surface area contributed by atoms with Gasteiger partial charge in [0.15, 0.2) is 0 Å². The Morgan fingerprint density at radius 1 is 1.46 bits per heavy atom. The zero-order valence-corrected chi connectivity index (χ0v) is 13.2. The number of alkyl halides is 2. The molecule has 1 atom stereocenters. The predicted molar refractivity (Wildman–Crippen MR) is 82.3 cm³/mol. The lowest BCUT2D eigenvalue weighted by Gasteiger charge is -2.41. The molecule has 1 amide bonds. The van der Waals surface area contributed by atoms with Crippen molar-refractivity contribution in [1.29, 1.82) is 0 Å². The molecule has 24 heavy (non-hydrogen) atoms.